The molecule has 2 aliphatic rings. The molecule has 0 unspecified atom stereocenters. The Balaban J connectivity index is 1.69. The van der Waals surface area contributed by atoms with Gasteiger partial charge in [-0.25, -0.2) is 18.0 Å². The second-order valence-electron chi connectivity index (χ2n) is 9.75. The number of ether oxygens (including phenoxy) is 1. The molecule has 2 aromatic rings. The van der Waals surface area contributed by atoms with Gasteiger partial charge in [-0.1, -0.05) is 18.2 Å². The molecule has 1 aromatic carbocycles. The van der Waals surface area contributed by atoms with Crippen LogP contribution < -0.4 is 16.2 Å². The van der Waals surface area contributed by atoms with E-state index in [1.165, 1.54) is 40.7 Å². The zero-order valence-corrected chi connectivity index (χ0v) is 20.3. The van der Waals surface area contributed by atoms with E-state index >= 15 is 0 Å². The molecule has 2 N–H and O–H groups in total. The summed E-state index contributed by atoms with van der Waals surface area (Å²) in [6, 6.07) is 4.52. The smallest absolute Gasteiger partial charge is 0.408 e. The molecular weight excluding hydrogens is 483 g/mol. The van der Waals surface area contributed by atoms with Crippen molar-refractivity contribution in [3.63, 3.8) is 0 Å². The lowest BCUT2D eigenvalue weighted by molar-refractivity contribution is -0.0901. The maximum atomic E-state index is 14.3. The number of halogens is 3. The summed E-state index contributed by atoms with van der Waals surface area (Å²) in [6.45, 7) is 4.97. The number of carbonyl (C=O) groups excluding carboxylic acids is 2. The number of aromatic nitrogens is 1. The summed E-state index contributed by atoms with van der Waals surface area (Å²) in [4.78, 5) is 39.2. The number of hydrogen-bond donors (Lipinski definition) is 2. The van der Waals surface area contributed by atoms with Gasteiger partial charge in [0.05, 0.1) is 23.7 Å². The van der Waals surface area contributed by atoms with Gasteiger partial charge in [0.15, 0.2) is 0 Å². The van der Waals surface area contributed by atoms with Crippen LogP contribution in [0.1, 0.15) is 61.1 Å². The van der Waals surface area contributed by atoms with E-state index in [1.54, 1.807) is 26.8 Å². The topological polar surface area (TPSA) is 89.4 Å². The van der Waals surface area contributed by atoms with Crippen LogP contribution >= 0.6 is 11.8 Å². The minimum atomic E-state index is -2.80. The summed E-state index contributed by atoms with van der Waals surface area (Å²) in [5.74, 6) is -3.65. The van der Waals surface area contributed by atoms with Gasteiger partial charge in [-0.15, -0.1) is 11.8 Å². The van der Waals surface area contributed by atoms with E-state index in [9.17, 15) is 27.6 Å². The molecule has 2 amide bonds. The van der Waals surface area contributed by atoms with Gasteiger partial charge < -0.3 is 19.9 Å². The summed E-state index contributed by atoms with van der Waals surface area (Å²) in [5.41, 5.74) is -0.702. The van der Waals surface area contributed by atoms with Crippen LogP contribution in [-0.4, -0.2) is 39.9 Å². The number of alkyl halides is 2. The second kappa shape index (κ2) is 9.25. The first kappa shape index (κ1) is 25.2. The number of amides is 2. The van der Waals surface area contributed by atoms with Gasteiger partial charge in [-0.05, 0) is 26.8 Å². The van der Waals surface area contributed by atoms with Crippen LogP contribution in [0.25, 0.3) is 0 Å². The SMILES string of the molecule is CC(C)(C)OC(=O)N[C@H]1CSc2c(C(=O)NC3CC(F)(F)C3)cn(Cc3ccccc3F)c(=O)c21. The number of carbonyl (C=O) groups is 2. The van der Waals surface area contributed by atoms with Crippen LogP contribution in [0.15, 0.2) is 40.2 Å². The molecule has 1 fully saturated rings. The fraction of sp³-hybridized carbons (Fsp3) is 0.458. The van der Waals surface area contributed by atoms with E-state index in [-0.39, 0.29) is 29.0 Å². The third kappa shape index (κ3) is 5.66. The maximum Gasteiger partial charge on any atom is 0.408 e. The van der Waals surface area contributed by atoms with Crippen molar-refractivity contribution in [2.24, 2.45) is 0 Å². The van der Waals surface area contributed by atoms with Crippen LogP contribution in [0, 0.1) is 5.82 Å². The monoisotopic (exact) mass is 509 g/mol. The molecule has 0 bridgehead atoms. The second-order valence-corrected chi connectivity index (χ2v) is 10.8. The highest BCUT2D eigenvalue weighted by Crippen LogP contribution is 2.40. The van der Waals surface area contributed by atoms with Gasteiger partial charge in [0, 0.05) is 41.3 Å². The summed E-state index contributed by atoms with van der Waals surface area (Å²) < 4.78 is 47.3. The average molecular weight is 510 g/mol. The molecule has 1 atom stereocenters. The fourth-order valence-corrected chi connectivity index (χ4v) is 5.33. The van der Waals surface area contributed by atoms with Crippen molar-refractivity contribution in [3.05, 3.63) is 63.3 Å². The molecular formula is C24H26F3N3O4S. The highest BCUT2D eigenvalue weighted by atomic mass is 32.2. The van der Waals surface area contributed by atoms with Gasteiger partial charge in [0.2, 0.25) is 0 Å². The number of alkyl carbamates (subject to hydrolysis) is 1. The number of thioether (sulfide) groups is 1. The van der Waals surface area contributed by atoms with E-state index in [2.05, 4.69) is 10.6 Å². The molecule has 1 saturated carbocycles. The van der Waals surface area contributed by atoms with E-state index in [0.29, 0.717) is 4.90 Å². The van der Waals surface area contributed by atoms with Crippen LogP contribution in [0.2, 0.25) is 0 Å². The van der Waals surface area contributed by atoms with Crippen molar-refractivity contribution in [1.29, 1.82) is 0 Å². The lowest BCUT2D eigenvalue weighted by Crippen LogP contribution is -2.50. The maximum absolute atomic E-state index is 14.3. The van der Waals surface area contributed by atoms with Crippen molar-refractivity contribution in [1.82, 2.24) is 15.2 Å². The van der Waals surface area contributed by atoms with Crippen LogP contribution in [-0.2, 0) is 11.3 Å². The zero-order chi connectivity index (χ0) is 25.5. The minimum absolute atomic E-state index is 0.115. The Morgan fingerprint density at radius 2 is 1.89 bits per heavy atom. The summed E-state index contributed by atoms with van der Waals surface area (Å²) >= 11 is 1.21. The van der Waals surface area contributed by atoms with Crippen molar-refractivity contribution in [2.75, 3.05) is 5.75 Å². The van der Waals surface area contributed by atoms with E-state index in [4.69, 9.17) is 4.74 Å². The molecule has 11 heteroatoms. The number of hydrogen-bond acceptors (Lipinski definition) is 5. The number of nitrogens with one attached hydrogen (secondary N) is 2. The van der Waals surface area contributed by atoms with Crippen LogP contribution in [0.5, 0.6) is 0 Å². The molecule has 4 rings (SSSR count). The molecule has 1 aromatic heterocycles. The van der Waals surface area contributed by atoms with E-state index in [1.807, 2.05) is 0 Å². The fourth-order valence-electron chi connectivity index (χ4n) is 4.06. The van der Waals surface area contributed by atoms with Gasteiger partial charge >= 0.3 is 6.09 Å². The number of rotatable bonds is 5. The average Bonchev–Trinajstić information content (AvgIpc) is 3.12. The predicted octanol–water partition coefficient (Wildman–Crippen LogP) is 4.23. The Hall–Kier alpha value is -2.95. The van der Waals surface area contributed by atoms with Gasteiger partial charge in [-0.2, -0.15) is 0 Å². The first-order chi connectivity index (χ1) is 16.3. The quantitative estimate of drug-likeness (QED) is 0.630. The Labute approximate surface area is 204 Å². The van der Waals surface area contributed by atoms with Crippen molar-refractivity contribution < 1.29 is 27.5 Å². The van der Waals surface area contributed by atoms with Crippen molar-refractivity contribution in [2.45, 2.75) is 68.7 Å². The molecule has 0 spiro atoms. The number of nitrogens with zero attached hydrogens (tertiary/aromatic N) is 1. The highest BCUT2D eigenvalue weighted by molar-refractivity contribution is 7.99. The first-order valence-corrected chi connectivity index (χ1v) is 12.1. The lowest BCUT2D eigenvalue weighted by Gasteiger charge is -2.35. The third-order valence-electron chi connectivity index (χ3n) is 5.67. The van der Waals surface area contributed by atoms with Gasteiger partial charge in [0.25, 0.3) is 17.4 Å². The molecule has 188 valence electrons. The third-order valence-corrected chi connectivity index (χ3v) is 6.90. The summed E-state index contributed by atoms with van der Waals surface area (Å²) in [6.07, 6.45) is -0.303. The number of benzene rings is 1. The number of fused-ring (bicyclic) bond motifs is 1. The van der Waals surface area contributed by atoms with Gasteiger partial charge in [0.1, 0.15) is 11.4 Å². The minimum Gasteiger partial charge on any atom is -0.444 e. The molecule has 1 aliphatic heterocycles. The first-order valence-electron chi connectivity index (χ1n) is 11.1. The Morgan fingerprint density at radius 1 is 1.20 bits per heavy atom. The van der Waals surface area contributed by atoms with Crippen LogP contribution in [0.4, 0.5) is 18.0 Å². The molecule has 0 radical (unpaired) electrons. The number of pyridine rings is 1. The van der Waals surface area contributed by atoms with Crippen molar-refractivity contribution in [3.8, 4) is 0 Å². The van der Waals surface area contributed by atoms with E-state index in [0.717, 1.165) is 0 Å². The zero-order valence-electron chi connectivity index (χ0n) is 19.5. The Morgan fingerprint density at radius 3 is 2.51 bits per heavy atom. The summed E-state index contributed by atoms with van der Waals surface area (Å²) in [5, 5.41) is 5.27. The summed E-state index contributed by atoms with van der Waals surface area (Å²) in [7, 11) is 0. The van der Waals surface area contributed by atoms with Crippen molar-refractivity contribution >= 4 is 23.8 Å². The standard InChI is InChI=1S/C24H26F3N3O4S/c1-23(2,3)34-22(33)29-17-12-35-19-15(20(31)28-14-8-24(26,27)9-14)11-30(21(32)18(17)19)10-13-6-4-5-7-16(13)25/h4-7,11,14,17H,8-10,12H2,1-3H3,(H,28,31)(H,29,33)/t17-/m0/s1. The highest BCUT2D eigenvalue weighted by Gasteiger charge is 2.46. The molecule has 1 aliphatic carbocycles. The largest absolute Gasteiger partial charge is 0.444 e. The molecule has 2 heterocycles. The molecule has 7 nitrogen and oxygen atoms in total. The van der Waals surface area contributed by atoms with E-state index < -0.39 is 59.8 Å². The predicted molar refractivity (Wildman–Crippen MR) is 124 cm³/mol. The molecule has 35 heavy (non-hydrogen) atoms. The lowest BCUT2D eigenvalue weighted by atomic mass is 9.88. The van der Waals surface area contributed by atoms with Crippen LogP contribution in [0.3, 0.4) is 0 Å². The Bertz CT molecular complexity index is 1220. The van der Waals surface area contributed by atoms with Gasteiger partial charge in [-0.3, -0.25) is 9.59 Å². The normalized spacial score (nSPS) is 19.0. The molecule has 0 saturated heterocycles. The Kier molecular flexibility index (Phi) is 6.65.